The maximum absolute atomic E-state index is 12.3. The molecule has 2 rings (SSSR count). The fourth-order valence-corrected chi connectivity index (χ4v) is 3.99. The van der Waals surface area contributed by atoms with Crippen LogP contribution in [0.25, 0.3) is 0 Å². The Balaban J connectivity index is 2.06. The number of carbonyl (C=O) groups excluding carboxylic acids is 4. The van der Waals surface area contributed by atoms with E-state index in [9.17, 15) is 19.2 Å². The van der Waals surface area contributed by atoms with Crippen LogP contribution in [0, 0.1) is 12.8 Å². The highest BCUT2D eigenvalue weighted by molar-refractivity contribution is 7.18. The summed E-state index contributed by atoms with van der Waals surface area (Å²) in [6.45, 7) is 4.75. The van der Waals surface area contributed by atoms with Crippen molar-refractivity contribution in [2.75, 3.05) is 25.1 Å². The standard InChI is InChI=1S/C20H25NO7S/c1-4-26-19(24)16-12(3)17(20(25)27-5-2)29-18(16)21-14(22)11-28-15(23)10-13-8-6-7-9-13/h6,8,13H,4-5,7,9-11H2,1-3H3,(H,21,22)/t13-/m1/s1. The number of amides is 1. The third kappa shape index (κ3) is 6.15. The molecule has 1 aromatic rings. The molecule has 1 atom stereocenters. The third-order valence-electron chi connectivity index (χ3n) is 4.25. The molecule has 1 amide bonds. The molecule has 0 aliphatic heterocycles. The predicted molar refractivity (Wildman–Crippen MR) is 107 cm³/mol. The molecule has 0 saturated heterocycles. The summed E-state index contributed by atoms with van der Waals surface area (Å²) in [5.74, 6) is -2.17. The molecule has 8 nitrogen and oxygen atoms in total. The average Bonchev–Trinajstić information content (AvgIpc) is 3.28. The van der Waals surface area contributed by atoms with E-state index in [1.165, 1.54) is 0 Å². The van der Waals surface area contributed by atoms with Crippen molar-refractivity contribution >= 4 is 40.2 Å². The molecule has 0 saturated carbocycles. The van der Waals surface area contributed by atoms with Crippen LogP contribution in [-0.2, 0) is 23.8 Å². The van der Waals surface area contributed by atoms with Gasteiger partial charge in [-0.15, -0.1) is 11.3 Å². The lowest BCUT2D eigenvalue weighted by molar-refractivity contribution is -0.147. The van der Waals surface area contributed by atoms with E-state index >= 15 is 0 Å². The highest BCUT2D eigenvalue weighted by Gasteiger charge is 2.27. The zero-order valence-corrected chi connectivity index (χ0v) is 17.6. The molecule has 0 spiro atoms. The number of esters is 3. The van der Waals surface area contributed by atoms with Crippen LogP contribution in [0.2, 0.25) is 0 Å². The summed E-state index contributed by atoms with van der Waals surface area (Å²) in [5, 5.41) is 2.69. The number of ether oxygens (including phenoxy) is 3. The van der Waals surface area contributed by atoms with Gasteiger partial charge in [-0.25, -0.2) is 9.59 Å². The second-order valence-electron chi connectivity index (χ2n) is 6.38. The second-order valence-corrected chi connectivity index (χ2v) is 7.40. The van der Waals surface area contributed by atoms with Crippen molar-refractivity contribution in [3.8, 4) is 0 Å². The zero-order chi connectivity index (χ0) is 21.4. The molecular formula is C20H25NO7S. The molecule has 0 aromatic carbocycles. The average molecular weight is 423 g/mol. The van der Waals surface area contributed by atoms with E-state index in [0.29, 0.717) is 5.56 Å². The van der Waals surface area contributed by atoms with Gasteiger partial charge >= 0.3 is 17.9 Å². The Bertz CT molecular complexity index is 812. The highest BCUT2D eigenvalue weighted by atomic mass is 32.1. The van der Waals surface area contributed by atoms with Crippen molar-refractivity contribution in [2.45, 2.75) is 40.0 Å². The summed E-state index contributed by atoms with van der Waals surface area (Å²) < 4.78 is 15.0. The summed E-state index contributed by atoms with van der Waals surface area (Å²) >= 11 is 0.920. The molecule has 1 heterocycles. The Labute approximate surface area is 173 Å². The number of carbonyl (C=O) groups is 4. The van der Waals surface area contributed by atoms with E-state index in [4.69, 9.17) is 14.2 Å². The van der Waals surface area contributed by atoms with Crippen LogP contribution in [0.4, 0.5) is 5.00 Å². The summed E-state index contributed by atoms with van der Waals surface area (Å²) in [4.78, 5) is 48.7. The molecule has 0 unspecified atom stereocenters. The minimum atomic E-state index is -0.655. The van der Waals surface area contributed by atoms with Gasteiger partial charge in [0.2, 0.25) is 0 Å². The Kier molecular flexibility index (Phi) is 8.38. The van der Waals surface area contributed by atoms with Crippen LogP contribution < -0.4 is 5.32 Å². The van der Waals surface area contributed by atoms with Crippen molar-refractivity contribution in [3.05, 3.63) is 28.2 Å². The summed E-state index contributed by atoms with van der Waals surface area (Å²) in [7, 11) is 0. The lowest BCUT2D eigenvalue weighted by Gasteiger charge is -2.09. The van der Waals surface area contributed by atoms with Crippen molar-refractivity contribution in [3.63, 3.8) is 0 Å². The molecule has 1 aromatic heterocycles. The minimum absolute atomic E-state index is 0.0932. The molecule has 0 bridgehead atoms. The number of nitrogens with one attached hydrogen (secondary N) is 1. The lowest BCUT2D eigenvalue weighted by Crippen LogP contribution is -2.22. The molecule has 1 aliphatic carbocycles. The van der Waals surface area contributed by atoms with Gasteiger partial charge in [0, 0.05) is 0 Å². The van der Waals surface area contributed by atoms with Gasteiger partial charge in [0.1, 0.15) is 9.88 Å². The highest BCUT2D eigenvalue weighted by Crippen LogP contribution is 2.34. The predicted octanol–water partition coefficient (Wildman–Crippen LogP) is 3.25. The van der Waals surface area contributed by atoms with Crippen molar-refractivity contribution in [1.82, 2.24) is 0 Å². The number of allylic oxidation sites excluding steroid dienone is 2. The smallest absolute Gasteiger partial charge is 0.348 e. The second kappa shape index (κ2) is 10.8. The Morgan fingerprint density at radius 3 is 2.41 bits per heavy atom. The van der Waals surface area contributed by atoms with Gasteiger partial charge in [-0.2, -0.15) is 0 Å². The molecule has 158 valence electrons. The molecule has 29 heavy (non-hydrogen) atoms. The lowest BCUT2D eigenvalue weighted by atomic mass is 10.1. The van der Waals surface area contributed by atoms with Gasteiger partial charge in [0.15, 0.2) is 6.61 Å². The zero-order valence-electron chi connectivity index (χ0n) is 16.7. The van der Waals surface area contributed by atoms with Crippen LogP contribution in [0.5, 0.6) is 0 Å². The van der Waals surface area contributed by atoms with Crippen LogP contribution in [0.1, 0.15) is 58.7 Å². The van der Waals surface area contributed by atoms with Crippen LogP contribution in [-0.4, -0.2) is 43.6 Å². The van der Waals surface area contributed by atoms with E-state index in [2.05, 4.69) is 5.32 Å². The summed E-state index contributed by atoms with van der Waals surface area (Å²) in [6, 6.07) is 0. The molecule has 1 N–H and O–H groups in total. The van der Waals surface area contributed by atoms with Crippen LogP contribution in [0.3, 0.4) is 0 Å². The van der Waals surface area contributed by atoms with E-state index in [0.717, 1.165) is 24.2 Å². The number of rotatable bonds is 9. The SMILES string of the molecule is CCOC(=O)c1sc(NC(=O)COC(=O)C[C@@H]2C=CCC2)c(C(=O)OCC)c1C. The monoisotopic (exact) mass is 423 g/mol. The number of anilines is 1. The van der Waals surface area contributed by atoms with E-state index in [1.807, 2.05) is 12.2 Å². The Hall–Kier alpha value is -2.68. The van der Waals surface area contributed by atoms with Crippen molar-refractivity contribution < 1.29 is 33.4 Å². The number of thiophene rings is 1. The van der Waals surface area contributed by atoms with Crippen LogP contribution >= 0.6 is 11.3 Å². The number of hydrogen-bond acceptors (Lipinski definition) is 8. The molecule has 9 heteroatoms. The van der Waals surface area contributed by atoms with E-state index in [-0.39, 0.29) is 41.0 Å². The molecular weight excluding hydrogens is 398 g/mol. The maximum Gasteiger partial charge on any atom is 0.348 e. The van der Waals surface area contributed by atoms with Gasteiger partial charge in [-0.1, -0.05) is 12.2 Å². The van der Waals surface area contributed by atoms with Gasteiger partial charge in [0.25, 0.3) is 5.91 Å². The number of hydrogen-bond donors (Lipinski definition) is 1. The summed E-state index contributed by atoms with van der Waals surface area (Å²) in [5.41, 5.74) is 0.461. The maximum atomic E-state index is 12.3. The fourth-order valence-electron chi connectivity index (χ4n) is 2.89. The third-order valence-corrected chi connectivity index (χ3v) is 5.43. The largest absolute Gasteiger partial charge is 0.462 e. The summed E-state index contributed by atoms with van der Waals surface area (Å²) in [6.07, 6.45) is 6.05. The first-order chi connectivity index (χ1) is 13.9. The van der Waals surface area contributed by atoms with E-state index < -0.39 is 30.4 Å². The van der Waals surface area contributed by atoms with Gasteiger partial charge in [-0.05, 0) is 45.1 Å². The van der Waals surface area contributed by atoms with Gasteiger partial charge < -0.3 is 19.5 Å². The first-order valence-electron chi connectivity index (χ1n) is 9.47. The Morgan fingerprint density at radius 1 is 1.10 bits per heavy atom. The van der Waals surface area contributed by atoms with Crippen molar-refractivity contribution in [1.29, 1.82) is 0 Å². The van der Waals surface area contributed by atoms with E-state index in [1.54, 1.807) is 20.8 Å². The molecule has 1 aliphatic rings. The first kappa shape index (κ1) is 22.6. The Morgan fingerprint density at radius 2 is 1.79 bits per heavy atom. The van der Waals surface area contributed by atoms with Gasteiger partial charge in [0.05, 0.1) is 25.2 Å². The minimum Gasteiger partial charge on any atom is -0.462 e. The fraction of sp³-hybridized carbons (Fsp3) is 0.500. The molecule has 0 radical (unpaired) electrons. The van der Waals surface area contributed by atoms with Crippen molar-refractivity contribution in [2.24, 2.45) is 5.92 Å². The topological polar surface area (TPSA) is 108 Å². The van der Waals surface area contributed by atoms with Crippen LogP contribution in [0.15, 0.2) is 12.2 Å². The van der Waals surface area contributed by atoms with Gasteiger partial charge in [-0.3, -0.25) is 9.59 Å². The molecule has 0 fully saturated rings. The quantitative estimate of drug-likeness (QED) is 0.369. The first-order valence-corrected chi connectivity index (χ1v) is 10.3. The normalized spacial score (nSPS) is 15.1.